The first-order valence-corrected chi connectivity index (χ1v) is 6.84. The maximum atomic E-state index is 9.36. The topological polar surface area (TPSA) is 71.2 Å². The Balaban J connectivity index is 1.93. The van der Waals surface area contributed by atoms with Gasteiger partial charge in [0, 0.05) is 13.2 Å². The second kappa shape index (κ2) is 6.25. The van der Waals surface area contributed by atoms with Crippen LogP contribution < -0.4 is 11.1 Å². The van der Waals surface area contributed by atoms with Crippen LogP contribution in [-0.4, -0.2) is 23.2 Å². The van der Waals surface area contributed by atoms with Crippen LogP contribution in [0.2, 0.25) is 5.02 Å². The van der Waals surface area contributed by atoms with Crippen molar-refractivity contribution in [2.45, 2.75) is 25.7 Å². The van der Waals surface area contributed by atoms with E-state index in [4.69, 9.17) is 17.3 Å². The van der Waals surface area contributed by atoms with Crippen molar-refractivity contribution in [3.05, 3.63) is 17.3 Å². The summed E-state index contributed by atoms with van der Waals surface area (Å²) in [6.45, 7) is 1.08. The van der Waals surface area contributed by atoms with Crippen LogP contribution in [0.25, 0.3) is 0 Å². The molecule has 1 aromatic heterocycles. The van der Waals surface area contributed by atoms with E-state index in [2.05, 4.69) is 10.3 Å². The zero-order valence-electron chi connectivity index (χ0n) is 10.4. The number of aromatic nitrogens is 1. The normalized spacial score (nSPS) is 23.9. The SMILES string of the molecule is Nc1cnc(NCC2CCCCC2CO)c(Cl)c1. The number of halogens is 1. The molecule has 1 saturated carbocycles. The average Bonchev–Trinajstić information content (AvgIpc) is 2.38. The van der Waals surface area contributed by atoms with E-state index in [1.165, 1.54) is 12.8 Å². The summed E-state index contributed by atoms with van der Waals surface area (Å²) in [6, 6.07) is 1.70. The molecule has 1 aromatic rings. The molecule has 0 amide bonds. The Kier molecular flexibility index (Phi) is 4.66. The van der Waals surface area contributed by atoms with Crippen molar-refractivity contribution in [2.24, 2.45) is 11.8 Å². The third kappa shape index (κ3) is 3.27. The van der Waals surface area contributed by atoms with E-state index in [1.54, 1.807) is 12.3 Å². The van der Waals surface area contributed by atoms with E-state index in [0.29, 0.717) is 28.4 Å². The van der Waals surface area contributed by atoms with E-state index in [0.717, 1.165) is 19.4 Å². The molecule has 0 saturated heterocycles. The molecule has 0 bridgehead atoms. The van der Waals surface area contributed by atoms with Gasteiger partial charge >= 0.3 is 0 Å². The molecular weight excluding hydrogens is 250 g/mol. The van der Waals surface area contributed by atoms with Gasteiger partial charge in [0.2, 0.25) is 0 Å². The average molecular weight is 270 g/mol. The first-order valence-electron chi connectivity index (χ1n) is 6.46. The van der Waals surface area contributed by atoms with Gasteiger partial charge in [0.1, 0.15) is 5.82 Å². The van der Waals surface area contributed by atoms with Gasteiger partial charge in [-0.3, -0.25) is 0 Å². The number of aliphatic hydroxyl groups is 1. The van der Waals surface area contributed by atoms with Crippen molar-refractivity contribution >= 4 is 23.1 Å². The summed E-state index contributed by atoms with van der Waals surface area (Å²) in [4.78, 5) is 4.18. The first kappa shape index (κ1) is 13.4. The Hall–Kier alpha value is -1.00. The van der Waals surface area contributed by atoms with Gasteiger partial charge in [-0.15, -0.1) is 0 Å². The van der Waals surface area contributed by atoms with Crippen molar-refractivity contribution in [2.75, 3.05) is 24.2 Å². The summed E-state index contributed by atoms with van der Waals surface area (Å²) in [5, 5.41) is 13.2. The molecular formula is C13H20ClN3O. The fraction of sp³-hybridized carbons (Fsp3) is 0.615. The van der Waals surface area contributed by atoms with Gasteiger partial charge in [0.15, 0.2) is 0 Å². The van der Waals surface area contributed by atoms with Gasteiger partial charge in [-0.1, -0.05) is 24.4 Å². The summed E-state index contributed by atoms with van der Waals surface area (Å²) in [6.07, 6.45) is 6.34. The molecule has 2 atom stereocenters. The van der Waals surface area contributed by atoms with Crippen LogP contribution in [0.1, 0.15) is 25.7 Å². The molecule has 2 unspecified atom stereocenters. The third-order valence-electron chi connectivity index (χ3n) is 3.70. The highest BCUT2D eigenvalue weighted by Gasteiger charge is 2.24. The Morgan fingerprint density at radius 2 is 2.11 bits per heavy atom. The fourth-order valence-electron chi connectivity index (χ4n) is 2.60. The number of hydrogen-bond donors (Lipinski definition) is 3. The molecule has 0 aromatic carbocycles. The summed E-state index contributed by atoms with van der Waals surface area (Å²) in [5.74, 6) is 1.58. The zero-order valence-corrected chi connectivity index (χ0v) is 11.2. The van der Waals surface area contributed by atoms with Gasteiger partial charge in [0.05, 0.1) is 16.9 Å². The van der Waals surface area contributed by atoms with Crippen LogP contribution in [0, 0.1) is 11.8 Å². The molecule has 2 rings (SSSR count). The van der Waals surface area contributed by atoms with Crippen molar-refractivity contribution in [1.82, 2.24) is 4.98 Å². The number of anilines is 2. The number of nitrogen functional groups attached to an aromatic ring is 1. The number of rotatable bonds is 4. The number of aliphatic hydroxyl groups excluding tert-OH is 1. The Bertz CT molecular complexity index is 400. The minimum absolute atomic E-state index is 0.273. The van der Waals surface area contributed by atoms with Crippen LogP contribution in [0.15, 0.2) is 12.3 Å². The van der Waals surface area contributed by atoms with Crippen LogP contribution in [-0.2, 0) is 0 Å². The smallest absolute Gasteiger partial charge is 0.144 e. The molecule has 1 aliphatic carbocycles. The Morgan fingerprint density at radius 1 is 1.39 bits per heavy atom. The second-order valence-electron chi connectivity index (χ2n) is 4.97. The van der Waals surface area contributed by atoms with Gasteiger partial charge in [0.25, 0.3) is 0 Å². The lowest BCUT2D eigenvalue weighted by Gasteiger charge is -2.30. The monoisotopic (exact) mass is 269 g/mol. The zero-order chi connectivity index (χ0) is 13.0. The van der Waals surface area contributed by atoms with Gasteiger partial charge in [-0.2, -0.15) is 0 Å². The van der Waals surface area contributed by atoms with E-state index < -0.39 is 0 Å². The number of pyridine rings is 1. The quantitative estimate of drug-likeness (QED) is 0.786. The largest absolute Gasteiger partial charge is 0.397 e. The summed E-state index contributed by atoms with van der Waals surface area (Å²) in [5.41, 5.74) is 6.17. The van der Waals surface area contributed by atoms with Gasteiger partial charge in [-0.25, -0.2) is 4.98 Å². The molecule has 0 radical (unpaired) electrons. The van der Waals surface area contributed by atoms with Crippen molar-refractivity contribution in [1.29, 1.82) is 0 Å². The van der Waals surface area contributed by atoms with E-state index in [-0.39, 0.29) is 6.61 Å². The van der Waals surface area contributed by atoms with Crippen LogP contribution >= 0.6 is 11.6 Å². The molecule has 18 heavy (non-hydrogen) atoms. The highest BCUT2D eigenvalue weighted by atomic mass is 35.5. The third-order valence-corrected chi connectivity index (χ3v) is 3.98. The van der Waals surface area contributed by atoms with E-state index in [1.807, 2.05) is 0 Å². The summed E-state index contributed by atoms with van der Waals surface area (Å²) >= 11 is 6.06. The van der Waals surface area contributed by atoms with E-state index in [9.17, 15) is 5.11 Å². The maximum absolute atomic E-state index is 9.36. The van der Waals surface area contributed by atoms with Crippen LogP contribution in [0.4, 0.5) is 11.5 Å². The second-order valence-corrected chi connectivity index (χ2v) is 5.37. The molecule has 1 aliphatic rings. The lowest BCUT2D eigenvalue weighted by atomic mass is 9.79. The standard InChI is InChI=1S/C13H20ClN3O/c14-12-5-11(15)7-17-13(12)16-6-9-3-1-2-4-10(9)8-18/h5,7,9-10,18H,1-4,6,8,15H2,(H,16,17). The minimum Gasteiger partial charge on any atom is -0.397 e. The molecule has 5 heteroatoms. The molecule has 100 valence electrons. The molecule has 0 spiro atoms. The van der Waals surface area contributed by atoms with Gasteiger partial charge < -0.3 is 16.2 Å². The molecule has 4 N–H and O–H groups in total. The number of hydrogen-bond acceptors (Lipinski definition) is 4. The molecule has 1 fully saturated rings. The van der Waals surface area contributed by atoms with Crippen molar-refractivity contribution in [3.8, 4) is 0 Å². The highest BCUT2D eigenvalue weighted by molar-refractivity contribution is 6.33. The Morgan fingerprint density at radius 3 is 2.78 bits per heavy atom. The van der Waals surface area contributed by atoms with Crippen molar-refractivity contribution in [3.63, 3.8) is 0 Å². The number of nitrogens with zero attached hydrogens (tertiary/aromatic N) is 1. The molecule has 0 aliphatic heterocycles. The highest BCUT2D eigenvalue weighted by Crippen LogP contribution is 2.30. The number of nitrogens with two attached hydrogens (primary N) is 1. The van der Waals surface area contributed by atoms with E-state index >= 15 is 0 Å². The predicted molar refractivity (Wildman–Crippen MR) is 74.7 cm³/mol. The number of nitrogens with one attached hydrogen (secondary N) is 1. The van der Waals surface area contributed by atoms with Crippen LogP contribution in [0.5, 0.6) is 0 Å². The van der Waals surface area contributed by atoms with Crippen LogP contribution in [0.3, 0.4) is 0 Å². The molecule has 4 nitrogen and oxygen atoms in total. The predicted octanol–water partition coefficient (Wildman–Crippen LogP) is 2.53. The van der Waals surface area contributed by atoms with Gasteiger partial charge in [-0.05, 0) is 30.7 Å². The molecule has 1 heterocycles. The fourth-order valence-corrected chi connectivity index (χ4v) is 2.85. The lowest BCUT2D eigenvalue weighted by Crippen LogP contribution is -2.28. The van der Waals surface area contributed by atoms with Crippen molar-refractivity contribution < 1.29 is 5.11 Å². The Labute approximate surface area is 113 Å². The first-order chi connectivity index (χ1) is 8.70. The summed E-state index contributed by atoms with van der Waals surface area (Å²) < 4.78 is 0. The maximum Gasteiger partial charge on any atom is 0.144 e. The summed E-state index contributed by atoms with van der Waals surface area (Å²) in [7, 11) is 0. The lowest BCUT2D eigenvalue weighted by molar-refractivity contribution is 0.141. The minimum atomic E-state index is 0.273.